The first kappa shape index (κ1) is 13.1. The average molecular weight is 254 g/mol. The van der Waals surface area contributed by atoms with Gasteiger partial charge in [-0.2, -0.15) is 30.7 Å². The lowest BCUT2D eigenvalue weighted by atomic mass is 10.2. The molecule has 0 aromatic heterocycles. The summed E-state index contributed by atoms with van der Waals surface area (Å²) >= 11 is 0. The summed E-state index contributed by atoms with van der Waals surface area (Å²) in [4.78, 5) is 0. The molecule has 1 aliphatic rings. The Balaban J connectivity index is 3.19. The van der Waals surface area contributed by atoms with Crippen molar-refractivity contribution in [2.45, 2.75) is 24.6 Å². The van der Waals surface area contributed by atoms with Gasteiger partial charge in [0.05, 0.1) is 6.61 Å². The zero-order valence-corrected chi connectivity index (χ0v) is 7.45. The monoisotopic (exact) mass is 254 g/mol. The van der Waals surface area contributed by atoms with Crippen LogP contribution in [0.2, 0.25) is 0 Å². The van der Waals surface area contributed by atoms with Crippen molar-refractivity contribution >= 4 is 0 Å². The van der Waals surface area contributed by atoms with E-state index in [0.717, 1.165) is 0 Å². The molecule has 16 heavy (non-hydrogen) atoms. The van der Waals surface area contributed by atoms with Gasteiger partial charge in [-0.25, -0.2) is 0 Å². The van der Waals surface area contributed by atoms with Gasteiger partial charge in [0.25, 0.3) is 6.01 Å². The Labute approximate surface area is 84.6 Å². The van der Waals surface area contributed by atoms with Crippen LogP contribution in [0.3, 0.4) is 0 Å². The minimum atomic E-state index is -5.93. The molecule has 0 saturated carbocycles. The normalized spacial score (nSPS) is 22.1. The van der Waals surface area contributed by atoms with Gasteiger partial charge in [0.15, 0.2) is 0 Å². The fourth-order valence-corrected chi connectivity index (χ4v) is 1.02. The third-order valence-corrected chi connectivity index (χ3v) is 1.72. The summed E-state index contributed by atoms with van der Waals surface area (Å²) < 4.78 is 93.1. The molecule has 0 unspecified atom stereocenters. The number of rotatable bonds is 0. The maximum atomic E-state index is 12.6. The van der Waals surface area contributed by atoms with Gasteiger partial charge >= 0.3 is 18.1 Å². The van der Waals surface area contributed by atoms with Crippen molar-refractivity contribution in [2.24, 2.45) is 0 Å². The molecule has 0 fully saturated rings. The summed E-state index contributed by atoms with van der Waals surface area (Å²) in [5.41, 5.74) is 0. The Kier molecular flexibility index (Phi) is 3.10. The second kappa shape index (κ2) is 3.79. The summed E-state index contributed by atoms with van der Waals surface area (Å²) in [5, 5.41) is 0. The molecule has 0 spiro atoms. The van der Waals surface area contributed by atoms with E-state index in [4.69, 9.17) is 0 Å². The van der Waals surface area contributed by atoms with Crippen LogP contribution < -0.4 is 0 Å². The molecule has 1 heterocycles. The van der Waals surface area contributed by atoms with Crippen LogP contribution in [-0.4, -0.2) is 24.7 Å². The molecule has 0 radical (unpaired) electrons. The molecule has 0 aliphatic carbocycles. The van der Waals surface area contributed by atoms with E-state index in [2.05, 4.69) is 9.47 Å². The quantitative estimate of drug-likeness (QED) is 0.618. The van der Waals surface area contributed by atoms with Crippen LogP contribution in [0.15, 0.2) is 12.1 Å². The van der Waals surface area contributed by atoms with Gasteiger partial charge in [-0.15, -0.1) is 0 Å². The van der Waals surface area contributed by atoms with E-state index in [1.165, 1.54) is 0 Å². The molecule has 1 aliphatic heterocycles. The number of alkyl halides is 6. The van der Waals surface area contributed by atoms with Crippen LogP contribution in [0.4, 0.5) is 30.7 Å². The molecule has 2 nitrogen and oxygen atoms in total. The van der Waals surface area contributed by atoms with Gasteiger partial charge in [-0.1, -0.05) is 0 Å². The lowest BCUT2D eigenvalue weighted by molar-refractivity contribution is -0.461. The Morgan fingerprint density at radius 1 is 1.06 bits per heavy atom. The molecular formula is C7H5F7O2. The van der Waals surface area contributed by atoms with Crippen LogP contribution in [-0.2, 0) is 9.47 Å². The first-order chi connectivity index (χ1) is 7.10. The first-order valence-corrected chi connectivity index (χ1v) is 3.92. The van der Waals surface area contributed by atoms with Crippen LogP contribution in [0.5, 0.6) is 0 Å². The second-order valence-corrected chi connectivity index (χ2v) is 2.86. The fourth-order valence-electron chi connectivity index (χ4n) is 1.02. The third-order valence-electron chi connectivity index (χ3n) is 1.72. The fraction of sp³-hybridized carbons (Fsp3) is 0.714. The zero-order chi connectivity index (χ0) is 12.6. The second-order valence-electron chi connectivity index (χ2n) is 2.86. The molecule has 0 N–H and O–H groups in total. The van der Waals surface area contributed by atoms with Gasteiger partial charge in [0, 0.05) is 0 Å². The van der Waals surface area contributed by atoms with Crippen molar-refractivity contribution in [1.29, 1.82) is 0 Å². The standard InChI is InChI=1S/C7H5F7O2/c8-4-2-1-3-15-5(16-4,6(9,10)11)7(12,13)14/h2H,1,3H2. The molecule has 9 heteroatoms. The van der Waals surface area contributed by atoms with E-state index >= 15 is 0 Å². The molecule has 0 aromatic carbocycles. The molecule has 94 valence electrons. The van der Waals surface area contributed by atoms with Crippen LogP contribution >= 0.6 is 0 Å². The van der Waals surface area contributed by atoms with E-state index in [1.807, 2.05) is 0 Å². The van der Waals surface area contributed by atoms with E-state index in [1.54, 1.807) is 0 Å². The van der Waals surface area contributed by atoms with E-state index < -0.39 is 37.2 Å². The van der Waals surface area contributed by atoms with Crippen LogP contribution in [0, 0.1) is 0 Å². The third kappa shape index (κ3) is 2.08. The van der Waals surface area contributed by atoms with Crippen LogP contribution in [0.1, 0.15) is 6.42 Å². The highest BCUT2D eigenvalue weighted by Gasteiger charge is 2.76. The van der Waals surface area contributed by atoms with Gasteiger partial charge in [-0.3, -0.25) is 0 Å². The van der Waals surface area contributed by atoms with Crippen molar-refractivity contribution in [2.75, 3.05) is 6.61 Å². The lowest BCUT2D eigenvalue weighted by Crippen LogP contribution is -2.60. The number of ether oxygens (including phenoxy) is 2. The van der Waals surface area contributed by atoms with Crippen molar-refractivity contribution < 1.29 is 40.2 Å². The van der Waals surface area contributed by atoms with E-state index in [0.29, 0.717) is 6.08 Å². The number of hydrogen-bond acceptors (Lipinski definition) is 2. The van der Waals surface area contributed by atoms with Gasteiger partial charge in [0.2, 0.25) is 0 Å². The average Bonchev–Trinajstić information content (AvgIpc) is 2.24. The summed E-state index contributed by atoms with van der Waals surface area (Å²) in [7, 11) is 0. The van der Waals surface area contributed by atoms with Gasteiger partial charge in [-0.05, 0) is 12.5 Å². The molecule has 1 rings (SSSR count). The summed E-state index contributed by atoms with van der Waals surface area (Å²) in [6, 6.07) is -1.97. The molecular weight excluding hydrogens is 249 g/mol. The minimum absolute atomic E-state index is 0.444. The number of hydrogen-bond donors (Lipinski definition) is 0. The topological polar surface area (TPSA) is 18.5 Å². The highest BCUT2D eigenvalue weighted by Crippen LogP contribution is 2.48. The first-order valence-electron chi connectivity index (χ1n) is 3.92. The Morgan fingerprint density at radius 2 is 1.56 bits per heavy atom. The zero-order valence-electron chi connectivity index (χ0n) is 7.45. The summed E-state index contributed by atoms with van der Waals surface area (Å²) in [6.07, 6.45) is -11.9. The van der Waals surface area contributed by atoms with Crippen molar-refractivity contribution in [3.63, 3.8) is 0 Å². The summed E-state index contributed by atoms with van der Waals surface area (Å²) in [5.74, 6) is -4.93. The molecule has 0 aromatic rings. The highest BCUT2D eigenvalue weighted by molar-refractivity contribution is 4.96. The summed E-state index contributed by atoms with van der Waals surface area (Å²) in [6.45, 7) is -0.952. The Hall–Kier alpha value is -0.990. The molecule has 0 amide bonds. The Morgan fingerprint density at radius 3 is 2.00 bits per heavy atom. The predicted octanol–water partition coefficient (Wildman–Crippen LogP) is 3.06. The van der Waals surface area contributed by atoms with E-state index in [-0.39, 0.29) is 0 Å². The number of halogens is 7. The van der Waals surface area contributed by atoms with Gasteiger partial charge < -0.3 is 9.47 Å². The Bertz CT molecular complexity index is 276. The smallest absolute Gasteiger partial charge is 0.421 e. The predicted molar refractivity (Wildman–Crippen MR) is 35.7 cm³/mol. The van der Waals surface area contributed by atoms with Gasteiger partial charge in [0.1, 0.15) is 0 Å². The highest BCUT2D eigenvalue weighted by atomic mass is 19.4. The minimum Gasteiger partial charge on any atom is -0.421 e. The van der Waals surface area contributed by atoms with Crippen molar-refractivity contribution in [3.05, 3.63) is 12.1 Å². The van der Waals surface area contributed by atoms with Crippen LogP contribution in [0.25, 0.3) is 0 Å². The SMILES string of the molecule is FC1=CCCOC(C(F)(F)F)(C(F)(F)F)O1. The largest absolute Gasteiger partial charge is 0.465 e. The molecule has 0 bridgehead atoms. The molecule has 0 saturated heterocycles. The maximum absolute atomic E-state index is 12.6. The maximum Gasteiger partial charge on any atom is 0.465 e. The lowest BCUT2D eigenvalue weighted by Gasteiger charge is -2.34. The van der Waals surface area contributed by atoms with Crippen molar-refractivity contribution in [1.82, 2.24) is 0 Å². The van der Waals surface area contributed by atoms with Crippen molar-refractivity contribution in [3.8, 4) is 0 Å². The van der Waals surface area contributed by atoms with E-state index in [9.17, 15) is 30.7 Å². The molecule has 0 atom stereocenters.